The number of Topliss-reactive ketones (excluding diaryl/α,β-unsaturated/α-hetero) is 1. The molecular weight excluding hydrogens is 279 g/mol. The van der Waals surface area contributed by atoms with Gasteiger partial charge >= 0.3 is 6.18 Å². The van der Waals surface area contributed by atoms with Crippen LogP contribution in [0, 0.1) is 6.92 Å². The Bertz CT molecular complexity index is 615. The molecule has 2 heterocycles. The molecular formula is C11H10F3N3OS. The minimum atomic E-state index is -4.37. The Morgan fingerprint density at radius 1 is 1.42 bits per heavy atom. The molecule has 2 rings (SSSR count). The van der Waals surface area contributed by atoms with E-state index in [1.165, 1.54) is 13.8 Å². The Morgan fingerprint density at radius 3 is 2.63 bits per heavy atom. The molecule has 0 aliphatic rings. The second-order valence-corrected chi connectivity index (χ2v) is 5.06. The summed E-state index contributed by atoms with van der Waals surface area (Å²) in [5.41, 5.74) is 0. The van der Waals surface area contributed by atoms with Crippen molar-refractivity contribution in [3.8, 4) is 10.7 Å². The lowest BCUT2D eigenvalue weighted by Gasteiger charge is -2.07. The number of carbonyl (C=O) groups is 1. The van der Waals surface area contributed by atoms with Gasteiger partial charge in [-0.25, -0.2) is 9.67 Å². The highest BCUT2D eigenvalue weighted by Crippen LogP contribution is 2.29. The molecule has 0 spiro atoms. The molecule has 0 aromatic carbocycles. The van der Waals surface area contributed by atoms with Gasteiger partial charge in [-0.2, -0.15) is 18.3 Å². The van der Waals surface area contributed by atoms with Crippen molar-refractivity contribution in [2.45, 2.75) is 26.6 Å². The van der Waals surface area contributed by atoms with Crippen molar-refractivity contribution in [2.24, 2.45) is 0 Å². The van der Waals surface area contributed by atoms with Gasteiger partial charge in [0.05, 0.1) is 9.75 Å². The van der Waals surface area contributed by atoms with Crippen molar-refractivity contribution in [2.75, 3.05) is 0 Å². The number of thiophene rings is 1. The van der Waals surface area contributed by atoms with Crippen LogP contribution in [-0.2, 0) is 6.54 Å². The maximum absolute atomic E-state index is 12.4. The number of hydrogen-bond donors (Lipinski definition) is 0. The third kappa shape index (κ3) is 3.19. The normalized spacial score (nSPS) is 11.8. The summed E-state index contributed by atoms with van der Waals surface area (Å²) in [6.45, 7) is 1.73. The molecule has 102 valence electrons. The SMILES string of the molecule is CC(=O)c1ccc(-c2nc(C)nn2CC(F)(F)F)s1. The Hall–Kier alpha value is -1.70. The van der Waals surface area contributed by atoms with Crippen LogP contribution in [-0.4, -0.2) is 26.7 Å². The molecule has 19 heavy (non-hydrogen) atoms. The Labute approximate surface area is 110 Å². The van der Waals surface area contributed by atoms with Crippen LogP contribution in [0.2, 0.25) is 0 Å². The first kappa shape index (κ1) is 13.7. The lowest BCUT2D eigenvalue weighted by Crippen LogP contribution is -2.19. The van der Waals surface area contributed by atoms with Crippen molar-refractivity contribution in [1.82, 2.24) is 14.8 Å². The highest BCUT2D eigenvalue weighted by Gasteiger charge is 2.30. The standard InChI is InChI=1S/C11H10F3N3OS/c1-6(18)8-3-4-9(19-8)10-15-7(2)16-17(10)5-11(12,13)14/h3-4H,5H2,1-2H3. The fourth-order valence-electron chi connectivity index (χ4n) is 1.57. The van der Waals surface area contributed by atoms with E-state index in [0.29, 0.717) is 9.75 Å². The second kappa shape index (κ2) is 4.76. The molecule has 0 bridgehead atoms. The van der Waals surface area contributed by atoms with E-state index in [2.05, 4.69) is 10.1 Å². The predicted molar refractivity (Wildman–Crippen MR) is 64.1 cm³/mol. The van der Waals surface area contributed by atoms with Crippen molar-refractivity contribution < 1.29 is 18.0 Å². The van der Waals surface area contributed by atoms with Gasteiger partial charge in [0.15, 0.2) is 11.6 Å². The van der Waals surface area contributed by atoms with E-state index in [-0.39, 0.29) is 17.4 Å². The third-order valence-corrected chi connectivity index (χ3v) is 3.46. The van der Waals surface area contributed by atoms with Gasteiger partial charge in [0.2, 0.25) is 0 Å². The molecule has 2 aromatic rings. The van der Waals surface area contributed by atoms with E-state index in [9.17, 15) is 18.0 Å². The van der Waals surface area contributed by atoms with E-state index in [4.69, 9.17) is 0 Å². The lowest BCUT2D eigenvalue weighted by molar-refractivity contribution is -0.142. The summed E-state index contributed by atoms with van der Waals surface area (Å²) >= 11 is 1.11. The van der Waals surface area contributed by atoms with E-state index in [0.717, 1.165) is 16.0 Å². The molecule has 0 N–H and O–H groups in total. The zero-order chi connectivity index (χ0) is 14.2. The van der Waals surface area contributed by atoms with Gasteiger partial charge < -0.3 is 0 Å². The zero-order valence-corrected chi connectivity index (χ0v) is 11.0. The number of rotatable bonds is 3. The number of aromatic nitrogens is 3. The zero-order valence-electron chi connectivity index (χ0n) is 10.2. The molecule has 0 unspecified atom stereocenters. The molecule has 4 nitrogen and oxygen atoms in total. The number of ketones is 1. The Kier molecular flexibility index (Phi) is 3.44. The quantitative estimate of drug-likeness (QED) is 0.816. The monoisotopic (exact) mass is 289 g/mol. The number of halogens is 3. The number of hydrogen-bond acceptors (Lipinski definition) is 4. The van der Waals surface area contributed by atoms with Crippen LogP contribution >= 0.6 is 11.3 Å². The highest BCUT2D eigenvalue weighted by atomic mass is 32.1. The molecule has 0 aliphatic heterocycles. The van der Waals surface area contributed by atoms with Crippen LogP contribution in [0.25, 0.3) is 10.7 Å². The molecule has 0 aliphatic carbocycles. The first-order valence-electron chi connectivity index (χ1n) is 5.35. The summed E-state index contributed by atoms with van der Waals surface area (Å²) in [6, 6.07) is 3.15. The van der Waals surface area contributed by atoms with Crippen LogP contribution in [0.15, 0.2) is 12.1 Å². The van der Waals surface area contributed by atoms with Crippen LogP contribution in [0.1, 0.15) is 22.4 Å². The summed E-state index contributed by atoms with van der Waals surface area (Å²) in [6.07, 6.45) is -4.37. The van der Waals surface area contributed by atoms with E-state index < -0.39 is 12.7 Å². The minimum absolute atomic E-state index is 0.130. The third-order valence-electron chi connectivity index (χ3n) is 2.28. The number of carbonyl (C=O) groups excluding carboxylic acids is 1. The Balaban J connectivity index is 2.40. The van der Waals surface area contributed by atoms with Gasteiger partial charge in [0, 0.05) is 0 Å². The molecule has 0 saturated heterocycles. The van der Waals surface area contributed by atoms with Crippen LogP contribution in [0.3, 0.4) is 0 Å². The van der Waals surface area contributed by atoms with Crippen LogP contribution in [0.4, 0.5) is 13.2 Å². The average molecular weight is 289 g/mol. The average Bonchev–Trinajstić information content (AvgIpc) is 2.82. The fraction of sp³-hybridized carbons (Fsp3) is 0.364. The van der Waals surface area contributed by atoms with Crippen LogP contribution in [0.5, 0.6) is 0 Å². The van der Waals surface area contributed by atoms with Gasteiger partial charge in [-0.1, -0.05) is 0 Å². The molecule has 0 saturated carbocycles. The van der Waals surface area contributed by atoms with Gasteiger partial charge in [0.25, 0.3) is 0 Å². The summed E-state index contributed by atoms with van der Waals surface area (Å²) in [5.74, 6) is 0.263. The number of aryl methyl sites for hydroxylation is 1. The molecule has 0 atom stereocenters. The predicted octanol–water partition coefficient (Wildman–Crippen LogP) is 3.08. The first-order valence-corrected chi connectivity index (χ1v) is 6.17. The Morgan fingerprint density at radius 2 is 2.11 bits per heavy atom. The van der Waals surface area contributed by atoms with Gasteiger partial charge in [-0.15, -0.1) is 11.3 Å². The van der Waals surface area contributed by atoms with Gasteiger partial charge in [0.1, 0.15) is 12.4 Å². The molecule has 8 heteroatoms. The van der Waals surface area contributed by atoms with Crippen molar-refractivity contribution in [3.63, 3.8) is 0 Å². The van der Waals surface area contributed by atoms with Gasteiger partial charge in [-0.3, -0.25) is 4.79 Å². The molecule has 0 radical (unpaired) electrons. The minimum Gasteiger partial charge on any atom is -0.294 e. The van der Waals surface area contributed by atoms with Crippen molar-refractivity contribution >= 4 is 17.1 Å². The summed E-state index contributed by atoms with van der Waals surface area (Å²) in [4.78, 5) is 16.2. The maximum Gasteiger partial charge on any atom is 0.408 e. The van der Waals surface area contributed by atoms with Gasteiger partial charge in [-0.05, 0) is 26.0 Å². The lowest BCUT2D eigenvalue weighted by atomic mass is 10.3. The van der Waals surface area contributed by atoms with E-state index in [1.54, 1.807) is 12.1 Å². The van der Waals surface area contributed by atoms with E-state index >= 15 is 0 Å². The molecule has 0 fully saturated rings. The highest BCUT2D eigenvalue weighted by molar-refractivity contribution is 7.17. The summed E-state index contributed by atoms with van der Waals surface area (Å²) < 4.78 is 38.1. The van der Waals surface area contributed by atoms with Crippen molar-refractivity contribution in [3.05, 3.63) is 22.8 Å². The number of nitrogens with zero attached hydrogens (tertiary/aromatic N) is 3. The fourth-order valence-corrected chi connectivity index (χ4v) is 2.46. The summed E-state index contributed by atoms with van der Waals surface area (Å²) in [5, 5.41) is 3.73. The van der Waals surface area contributed by atoms with E-state index in [1.807, 2.05) is 0 Å². The summed E-state index contributed by atoms with van der Waals surface area (Å²) in [7, 11) is 0. The topological polar surface area (TPSA) is 47.8 Å². The molecule has 2 aromatic heterocycles. The largest absolute Gasteiger partial charge is 0.408 e. The second-order valence-electron chi connectivity index (χ2n) is 3.98. The molecule has 0 amide bonds. The smallest absolute Gasteiger partial charge is 0.294 e. The first-order chi connectivity index (χ1) is 8.76. The maximum atomic E-state index is 12.4. The van der Waals surface area contributed by atoms with Crippen molar-refractivity contribution in [1.29, 1.82) is 0 Å². The van der Waals surface area contributed by atoms with Crippen LogP contribution < -0.4 is 0 Å². The number of alkyl halides is 3.